The van der Waals surface area contributed by atoms with Crippen LogP contribution in [0, 0.1) is 0 Å². The lowest BCUT2D eigenvalue weighted by Crippen LogP contribution is -2.45. The summed E-state index contributed by atoms with van der Waals surface area (Å²) < 4.78 is 26.0. The second kappa shape index (κ2) is 7.08. The van der Waals surface area contributed by atoms with Gasteiger partial charge in [0.25, 0.3) is 5.91 Å². The van der Waals surface area contributed by atoms with Gasteiger partial charge in [0.1, 0.15) is 0 Å². The summed E-state index contributed by atoms with van der Waals surface area (Å²) in [5, 5.41) is 1.88. The average Bonchev–Trinajstić information content (AvgIpc) is 2.48. The van der Waals surface area contributed by atoms with Gasteiger partial charge in [0.2, 0.25) is 10.0 Å². The number of hydrogen-bond acceptors (Lipinski definition) is 4. The zero-order chi connectivity index (χ0) is 16.3. The van der Waals surface area contributed by atoms with E-state index in [0.29, 0.717) is 10.0 Å². The molecule has 1 heterocycles. The number of carbonyl (C=O) groups is 1. The first kappa shape index (κ1) is 17.4. The van der Waals surface area contributed by atoms with Gasteiger partial charge in [0.15, 0.2) is 0 Å². The molecule has 6 nitrogen and oxygen atoms in total. The summed E-state index contributed by atoms with van der Waals surface area (Å²) in [7, 11) is -0.638. The maximum atomic E-state index is 12.4. The third-order valence-corrected chi connectivity index (χ3v) is 6.08. The van der Waals surface area contributed by atoms with Crippen molar-refractivity contribution < 1.29 is 13.2 Å². The van der Waals surface area contributed by atoms with Gasteiger partial charge in [-0.05, 0) is 47.0 Å². The molecular formula is C14H20BrN3O3S. The van der Waals surface area contributed by atoms with Crippen LogP contribution in [0.2, 0.25) is 0 Å². The Balaban J connectivity index is 2.24. The fraction of sp³-hybridized carbons (Fsp3) is 0.500. The number of amides is 1. The highest BCUT2D eigenvalue weighted by Gasteiger charge is 2.22. The van der Waals surface area contributed by atoms with Crippen LogP contribution in [0.5, 0.6) is 0 Å². The Hall–Kier alpha value is -0.960. The van der Waals surface area contributed by atoms with Crippen molar-refractivity contribution in [3.05, 3.63) is 28.2 Å². The van der Waals surface area contributed by atoms with E-state index in [0.717, 1.165) is 30.2 Å². The third kappa shape index (κ3) is 3.87. The highest BCUT2D eigenvalue weighted by molar-refractivity contribution is 9.10. The van der Waals surface area contributed by atoms with Gasteiger partial charge in [-0.3, -0.25) is 10.2 Å². The zero-order valence-corrected chi connectivity index (χ0v) is 15.1. The molecule has 1 amide bonds. The number of nitrogens with zero attached hydrogens (tertiary/aromatic N) is 2. The summed E-state index contributed by atoms with van der Waals surface area (Å²) >= 11 is 3.31. The maximum Gasteiger partial charge on any atom is 0.266 e. The fourth-order valence-corrected chi connectivity index (χ4v) is 3.61. The topological polar surface area (TPSA) is 69.7 Å². The minimum absolute atomic E-state index is 0.101. The molecule has 8 heteroatoms. The molecule has 0 aliphatic carbocycles. The van der Waals surface area contributed by atoms with Crippen molar-refractivity contribution in [2.24, 2.45) is 0 Å². The van der Waals surface area contributed by atoms with Crippen molar-refractivity contribution in [3.8, 4) is 0 Å². The number of hydrazine groups is 1. The normalized spacial score (nSPS) is 16.7. The maximum absolute atomic E-state index is 12.4. The molecule has 0 spiro atoms. The van der Waals surface area contributed by atoms with Crippen LogP contribution in [0.3, 0.4) is 0 Å². The van der Waals surface area contributed by atoms with Crippen molar-refractivity contribution in [1.82, 2.24) is 14.7 Å². The van der Waals surface area contributed by atoms with Gasteiger partial charge in [-0.1, -0.05) is 6.42 Å². The van der Waals surface area contributed by atoms with Gasteiger partial charge in [-0.25, -0.2) is 17.7 Å². The summed E-state index contributed by atoms with van der Waals surface area (Å²) in [4.78, 5) is 12.5. The number of hydrogen-bond donors (Lipinski definition) is 1. The number of halogens is 1. The van der Waals surface area contributed by atoms with Crippen LogP contribution in [-0.2, 0) is 10.0 Å². The Morgan fingerprint density at radius 2 is 1.86 bits per heavy atom. The van der Waals surface area contributed by atoms with Crippen LogP contribution in [0.25, 0.3) is 0 Å². The van der Waals surface area contributed by atoms with Crippen LogP contribution in [-0.4, -0.2) is 50.8 Å². The molecule has 1 fully saturated rings. The number of piperidine rings is 1. The van der Waals surface area contributed by atoms with Crippen LogP contribution in [0.15, 0.2) is 27.6 Å². The Morgan fingerprint density at radius 1 is 1.23 bits per heavy atom. The smallest absolute Gasteiger partial charge is 0.266 e. The molecule has 1 aliphatic rings. The second-order valence-corrected chi connectivity index (χ2v) is 8.42. The van der Waals surface area contributed by atoms with Gasteiger partial charge in [-0.15, -0.1) is 0 Å². The zero-order valence-electron chi connectivity index (χ0n) is 12.7. The molecule has 0 atom stereocenters. The lowest BCUT2D eigenvalue weighted by Gasteiger charge is -2.27. The van der Waals surface area contributed by atoms with Crippen molar-refractivity contribution >= 4 is 31.9 Å². The van der Waals surface area contributed by atoms with E-state index in [1.165, 1.54) is 32.6 Å². The number of benzene rings is 1. The predicted octanol–water partition coefficient (Wildman–Crippen LogP) is 1.83. The minimum atomic E-state index is -3.56. The first-order valence-electron chi connectivity index (χ1n) is 7.10. The lowest BCUT2D eigenvalue weighted by atomic mass is 10.1. The van der Waals surface area contributed by atoms with Crippen LogP contribution >= 0.6 is 15.9 Å². The molecule has 22 heavy (non-hydrogen) atoms. The number of carbonyl (C=O) groups excluding carboxylic acids is 1. The van der Waals surface area contributed by atoms with Gasteiger partial charge < -0.3 is 0 Å². The Morgan fingerprint density at radius 3 is 2.45 bits per heavy atom. The standard InChI is InChI=1S/C14H20BrN3O3S/c1-17(2)22(20,21)11-6-7-13(15)12(10-11)14(19)16-18-8-4-3-5-9-18/h6-7,10H,3-5,8-9H2,1-2H3,(H,16,19). The molecule has 0 bridgehead atoms. The van der Waals surface area contributed by atoms with E-state index in [-0.39, 0.29) is 10.8 Å². The summed E-state index contributed by atoms with van der Waals surface area (Å²) in [5.74, 6) is -0.301. The number of rotatable bonds is 4. The summed E-state index contributed by atoms with van der Waals surface area (Å²) in [5.41, 5.74) is 3.15. The molecule has 0 unspecified atom stereocenters. The molecule has 1 N–H and O–H groups in total. The van der Waals surface area contributed by atoms with E-state index < -0.39 is 10.0 Å². The molecule has 0 radical (unpaired) electrons. The van der Waals surface area contributed by atoms with E-state index in [2.05, 4.69) is 21.4 Å². The average molecular weight is 390 g/mol. The summed E-state index contributed by atoms with van der Waals surface area (Å²) in [6, 6.07) is 4.47. The summed E-state index contributed by atoms with van der Waals surface area (Å²) in [6.45, 7) is 1.64. The number of nitrogens with one attached hydrogen (secondary N) is 1. The van der Waals surface area contributed by atoms with Gasteiger partial charge in [0.05, 0.1) is 10.5 Å². The third-order valence-electron chi connectivity index (χ3n) is 3.58. The lowest BCUT2D eigenvalue weighted by molar-refractivity contribution is 0.0749. The monoisotopic (exact) mass is 389 g/mol. The quantitative estimate of drug-likeness (QED) is 0.852. The number of sulfonamides is 1. The van der Waals surface area contributed by atoms with Gasteiger partial charge in [0, 0.05) is 31.7 Å². The highest BCUT2D eigenvalue weighted by Crippen LogP contribution is 2.22. The van der Waals surface area contributed by atoms with Crippen molar-refractivity contribution in [3.63, 3.8) is 0 Å². The first-order valence-corrected chi connectivity index (χ1v) is 9.33. The van der Waals surface area contributed by atoms with Gasteiger partial charge >= 0.3 is 0 Å². The molecule has 0 saturated carbocycles. The molecule has 1 aromatic rings. The van der Waals surface area contributed by atoms with Gasteiger partial charge in [-0.2, -0.15) is 0 Å². The highest BCUT2D eigenvalue weighted by atomic mass is 79.9. The minimum Gasteiger partial charge on any atom is -0.285 e. The SMILES string of the molecule is CN(C)S(=O)(=O)c1ccc(Br)c(C(=O)NN2CCCCC2)c1. The van der Waals surface area contributed by atoms with Crippen molar-refractivity contribution in [2.45, 2.75) is 24.2 Å². The Kier molecular flexibility index (Phi) is 5.60. The fourth-order valence-electron chi connectivity index (χ4n) is 2.26. The summed E-state index contributed by atoms with van der Waals surface area (Å²) in [6.07, 6.45) is 3.28. The van der Waals surface area contributed by atoms with E-state index in [9.17, 15) is 13.2 Å². The second-order valence-electron chi connectivity index (χ2n) is 5.42. The van der Waals surface area contributed by atoms with Crippen LogP contribution in [0.4, 0.5) is 0 Å². The van der Waals surface area contributed by atoms with E-state index in [4.69, 9.17) is 0 Å². The van der Waals surface area contributed by atoms with E-state index in [1.54, 1.807) is 6.07 Å². The molecule has 1 saturated heterocycles. The molecule has 2 rings (SSSR count). The van der Waals surface area contributed by atoms with Crippen molar-refractivity contribution in [1.29, 1.82) is 0 Å². The molecule has 0 aromatic heterocycles. The molecule has 1 aromatic carbocycles. The van der Waals surface area contributed by atoms with Crippen LogP contribution in [0.1, 0.15) is 29.6 Å². The molecular weight excluding hydrogens is 370 g/mol. The predicted molar refractivity (Wildman–Crippen MR) is 87.9 cm³/mol. The van der Waals surface area contributed by atoms with E-state index >= 15 is 0 Å². The molecule has 122 valence electrons. The largest absolute Gasteiger partial charge is 0.285 e. The Labute approximate surface area is 139 Å². The van der Waals surface area contributed by atoms with Crippen molar-refractivity contribution in [2.75, 3.05) is 27.2 Å². The Bertz CT molecular complexity index is 655. The first-order chi connectivity index (χ1) is 10.3. The van der Waals surface area contributed by atoms with Crippen LogP contribution < -0.4 is 5.43 Å². The van der Waals surface area contributed by atoms with E-state index in [1.807, 2.05) is 5.01 Å². The molecule has 1 aliphatic heterocycles.